The van der Waals surface area contributed by atoms with Gasteiger partial charge in [-0.05, 0) is 89.5 Å². The Morgan fingerprint density at radius 1 is 0.711 bits per heavy atom. The summed E-state index contributed by atoms with van der Waals surface area (Å²) in [5, 5.41) is 0. The molecule has 0 bridgehead atoms. The van der Waals surface area contributed by atoms with E-state index >= 15 is 0 Å². The van der Waals surface area contributed by atoms with Crippen molar-refractivity contribution in [2.24, 2.45) is 21.7 Å². The maximum atomic E-state index is 13.5. The van der Waals surface area contributed by atoms with Crippen molar-refractivity contribution in [3.8, 4) is 0 Å². The predicted octanol–water partition coefficient (Wildman–Crippen LogP) is 5.01. The van der Waals surface area contributed by atoms with E-state index in [4.69, 9.17) is 23.7 Å². The lowest BCUT2D eigenvalue weighted by molar-refractivity contribution is -0.289. The van der Waals surface area contributed by atoms with Crippen LogP contribution >= 0.6 is 0 Å². The van der Waals surface area contributed by atoms with Crippen LogP contribution in [0.15, 0.2) is 0 Å². The minimum atomic E-state index is -1.31. The van der Waals surface area contributed by atoms with E-state index in [1.165, 1.54) is 0 Å². The lowest BCUT2D eigenvalue weighted by Crippen LogP contribution is -2.68. The molecule has 2 fully saturated rings. The fourth-order valence-electron chi connectivity index (χ4n) is 4.83. The molecule has 0 amide bonds. The first-order chi connectivity index (χ1) is 20.4. The fourth-order valence-corrected chi connectivity index (χ4v) is 4.83. The maximum Gasteiger partial charge on any atom is 0.311 e. The average molecular weight is 640 g/mol. The highest BCUT2D eigenvalue weighted by Gasteiger charge is 2.57. The van der Waals surface area contributed by atoms with Gasteiger partial charge < -0.3 is 23.7 Å². The Morgan fingerprint density at radius 2 is 1.16 bits per heavy atom. The second-order valence-corrected chi connectivity index (χ2v) is 16.4. The van der Waals surface area contributed by atoms with Crippen molar-refractivity contribution in [2.45, 2.75) is 152 Å². The molecule has 0 aromatic carbocycles. The topological polar surface area (TPSA) is 135 Å². The highest BCUT2D eigenvalue weighted by atomic mass is 16.7. The molecule has 0 spiro atoms. The van der Waals surface area contributed by atoms with Gasteiger partial charge in [-0.25, -0.2) is 0 Å². The Balaban J connectivity index is 2.77. The van der Waals surface area contributed by atoms with E-state index in [2.05, 4.69) is 0 Å². The number of esters is 4. The molecule has 0 unspecified atom stereocenters. The zero-order valence-corrected chi connectivity index (χ0v) is 29.7. The van der Waals surface area contributed by atoms with Crippen molar-refractivity contribution < 1.29 is 47.7 Å². The van der Waals surface area contributed by atoms with E-state index in [9.17, 15) is 24.0 Å². The molecular formula is C34H57NO10. The van der Waals surface area contributed by atoms with E-state index in [1.54, 1.807) is 83.1 Å². The highest BCUT2D eigenvalue weighted by molar-refractivity contribution is 5.80. The molecule has 2 rings (SSSR count). The molecular weight excluding hydrogens is 582 g/mol. The Bertz CT molecular complexity index is 1090. The van der Waals surface area contributed by atoms with Crippen LogP contribution in [0.4, 0.5) is 0 Å². The predicted molar refractivity (Wildman–Crippen MR) is 167 cm³/mol. The first-order valence-corrected chi connectivity index (χ1v) is 16.1. The van der Waals surface area contributed by atoms with Crippen LogP contribution in [0.25, 0.3) is 0 Å². The Labute approximate surface area is 269 Å². The number of rotatable bonds is 8. The standard InChI is InChI=1S/C34H57NO10/c1-14-15-20-18-21(36)16-17-35(20)26-25(45-30(40)34(11,12)13)24(44-29(39)33(8,9)10)23(43-28(38)32(5,6)7)22(42-26)19-41-27(37)31(2,3)4/h20,22-26H,14-19H2,1-13H3/t20-,22+,23-,24-,25+,26+/m0/s1. The van der Waals surface area contributed by atoms with Gasteiger partial charge in [-0.1, -0.05) is 13.3 Å². The van der Waals surface area contributed by atoms with Gasteiger partial charge in [-0.2, -0.15) is 0 Å². The summed E-state index contributed by atoms with van der Waals surface area (Å²) >= 11 is 0. The van der Waals surface area contributed by atoms with E-state index in [1.807, 2.05) is 11.8 Å². The molecule has 45 heavy (non-hydrogen) atoms. The SMILES string of the molecule is CCC[C@H]1CC(=O)CCN1[C@@H]1O[C@H](COC(=O)C(C)(C)C)[C@H](OC(=O)C(C)(C)C)[C@H](OC(=O)C(C)(C)C)[C@H]1OC(=O)C(C)(C)C. The molecule has 258 valence electrons. The molecule has 2 heterocycles. The molecule has 0 aliphatic carbocycles. The average Bonchev–Trinajstić information content (AvgIpc) is 2.87. The minimum absolute atomic E-state index is 0.118. The summed E-state index contributed by atoms with van der Waals surface area (Å²) in [6.45, 7) is 22.4. The number of Topliss-reactive ketones (excluding diaryl/α,β-unsaturated/α-hetero) is 1. The van der Waals surface area contributed by atoms with Gasteiger partial charge >= 0.3 is 23.9 Å². The van der Waals surface area contributed by atoms with Crippen LogP contribution in [0.2, 0.25) is 0 Å². The van der Waals surface area contributed by atoms with Gasteiger partial charge in [0, 0.05) is 25.4 Å². The summed E-state index contributed by atoms with van der Waals surface area (Å²) in [5.74, 6) is -2.16. The molecule has 11 nitrogen and oxygen atoms in total. The number of hydrogen-bond acceptors (Lipinski definition) is 11. The van der Waals surface area contributed by atoms with Crippen molar-refractivity contribution in [3.05, 3.63) is 0 Å². The number of carbonyl (C=O) groups excluding carboxylic acids is 5. The molecule has 0 radical (unpaired) electrons. The highest BCUT2D eigenvalue weighted by Crippen LogP contribution is 2.37. The molecule has 2 aliphatic heterocycles. The first kappa shape index (κ1) is 38.7. The van der Waals surface area contributed by atoms with Crippen molar-refractivity contribution in [1.82, 2.24) is 4.90 Å². The maximum absolute atomic E-state index is 13.5. The van der Waals surface area contributed by atoms with Crippen molar-refractivity contribution in [1.29, 1.82) is 0 Å². The van der Waals surface area contributed by atoms with Crippen LogP contribution in [0, 0.1) is 21.7 Å². The van der Waals surface area contributed by atoms with E-state index in [-0.39, 0.29) is 31.3 Å². The Kier molecular flexibility index (Phi) is 12.4. The number of ketones is 1. The van der Waals surface area contributed by atoms with Crippen LogP contribution in [-0.2, 0) is 47.7 Å². The Hall–Kier alpha value is -2.53. The van der Waals surface area contributed by atoms with Crippen molar-refractivity contribution in [2.75, 3.05) is 13.2 Å². The smallest absolute Gasteiger partial charge is 0.311 e. The lowest BCUT2D eigenvalue weighted by atomic mass is 9.90. The van der Waals surface area contributed by atoms with Gasteiger partial charge in [-0.3, -0.25) is 28.9 Å². The molecule has 0 N–H and O–H groups in total. The minimum Gasteiger partial charge on any atom is -0.462 e. The number of likely N-dealkylation sites (tertiary alicyclic amines) is 1. The molecule has 6 atom stereocenters. The molecule has 0 aromatic rings. The normalized spacial score (nSPS) is 27.0. The summed E-state index contributed by atoms with van der Waals surface area (Å²) in [6.07, 6.45) is -3.92. The third-order valence-electron chi connectivity index (χ3n) is 7.70. The summed E-state index contributed by atoms with van der Waals surface area (Å²) in [7, 11) is 0. The number of ether oxygens (including phenoxy) is 5. The fraction of sp³-hybridized carbons (Fsp3) is 0.853. The third-order valence-corrected chi connectivity index (χ3v) is 7.70. The zero-order valence-electron chi connectivity index (χ0n) is 29.7. The summed E-state index contributed by atoms with van der Waals surface area (Å²) in [5.41, 5.74) is -3.66. The number of piperidine rings is 1. The quantitative estimate of drug-likeness (QED) is 0.262. The molecule has 2 aliphatic rings. The van der Waals surface area contributed by atoms with Gasteiger partial charge in [0.1, 0.15) is 18.5 Å². The van der Waals surface area contributed by atoms with E-state index in [0.29, 0.717) is 13.0 Å². The second kappa shape index (κ2) is 14.5. The van der Waals surface area contributed by atoms with Gasteiger partial charge in [0.2, 0.25) is 0 Å². The van der Waals surface area contributed by atoms with Crippen LogP contribution in [-0.4, -0.2) is 84.4 Å². The van der Waals surface area contributed by atoms with Crippen LogP contribution < -0.4 is 0 Å². The molecule has 0 saturated carbocycles. The van der Waals surface area contributed by atoms with E-state index < -0.39 is 76.2 Å². The van der Waals surface area contributed by atoms with E-state index in [0.717, 1.165) is 6.42 Å². The number of carbonyl (C=O) groups is 5. The van der Waals surface area contributed by atoms with Crippen LogP contribution in [0.3, 0.4) is 0 Å². The summed E-state index contributed by atoms with van der Waals surface area (Å²) in [6, 6.07) is -0.234. The van der Waals surface area contributed by atoms with Crippen LogP contribution in [0.1, 0.15) is 116 Å². The monoisotopic (exact) mass is 639 g/mol. The van der Waals surface area contributed by atoms with Crippen LogP contribution in [0.5, 0.6) is 0 Å². The third kappa shape index (κ3) is 10.5. The first-order valence-electron chi connectivity index (χ1n) is 16.1. The summed E-state index contributed by atoms with van der Waals surface area (Å²) in [4.78, 5) is 67.7. The second-order valence-electron chi connectivity index (χ2n) is 16.4. The zero-order chi connectivity index (χ0) is 34.7. The largest absolute Gasteiger partial charge is 0.462 e. The van der Waals surface area contributed by atoms with Crippen molar-refractivity contribution >= 4 is 29.7 Å². The number of nitrogens with zero attached hydrogens (tertiary/aromatic N) is 1. The van der Waals surface area contributed by atoms with Crippen molar-refractivity contribution in [3.63, 3.8) is 0 Å². The lowest BCUT2D eigenvalue weighted by Gasteiger charge is -2.51. The molecule has 0 aromatic heterocycles. The molecule has 2 saturated heterocycles. The summed E-state index contributed by atoms with van der Waals surface area (Å²) < 4.78 is 30.7. The number of hydrogen-bond donors (Lipinski definition) is 0. The molecule has 11 heteroatoms. The Morgan fingerprint density at radius 3 is 1.60 bits per heavy atom. The van der Waals surface area contributed by atoms with Gasteiger partial charge in [0.25, 0.3) is 0 Å². The van der Waals surface area contributed by atoms with Gasteiger partial charge in [-0.15, -0.1) is 0 Å². The van der Waals surface area contributed by atoms with Gasteiger partial charge in [0.15, 0.2) is 24.5 Å². The van der Waals surface area contributed by atoms with Gasteiger partial charge in [0.05, 0.1) is 21.7 Å².